The molecule has 4 amide bonds. The SMILES string of the molecule is NC(=O)OCC1=C(C(=O)[O-])N2C(=O)C(NC(=O)C(NC(=O)c3cnc4cccnc4c3O)c3ccccc3)[C@@H]2SC1.[Na+]. The van der Waals surface area contributed by atoms with E-state index in [1.54, 1.807) is 42.5 Å². The molecule has 1 aromatic carbocycles. The summed E-state index contributed by atoms with van der Waals surface area (Å²) < 4.78 is 4.68. The number of primary amides is 1. The predicted octanol–water partition coefficient (Wildman–Crippen LogP) is -3.69. The summed E-state index contributed by atoms with van der Waals surface area (Å²) in [5, 5.41) is 26.8. The Hall–Kier alpha value is -4.18. The smallest absolute Gasteiger partial charge is 0.543 e. The van der Waals surface area contributed by atoms with Gasteiger partial charge in [0.05, 0.1) is 17.2 Å². The molecule has 14 nitrogen and oxygen atoms in total. The van der Waals surface area contributed by atoms with Crippen molar-refractivity contribution < 1.29 is 68.5 Å². The standard InChI is InChI=1S/C26H22N6O8S.Na/c27-26(39)40-10-13-11-41-24-18(23(36)32(24)19(13)25(37)38)31-22(35)16(12-5-2-1-3-6-12)30-21(34)14-9-29-15-7-4-8-28-17(15)20(14)33;/h1-9,16,18,24H,10-11H2,(H2,27,39)(H,29,33)(H,30,34)(H,31,35)(H,37,38);/q;+1/p-1/t16?,18?,24-;/m0./s1. The number of benzene rings is 1. The number of β-lactam (4-membered cyclic amide) rings is 1. The van der Waals surface area contributed by atoms with Gasteiger partial charge in [-0.3, -0.25) is 29.3 Å². The minimum Gasteiger partial charge on any atom is -0.543 e. The Labute approximate surface area is 264 Å². The number of nitrogens with two attached hydrogens (primary N) is 1. The number of amides is 4. The second kappa shape index (κ2) is 12.8. The molecule has 0 aliphatic carbocycles. The van der Waals surface area contributed by atoms with Gasteiger partial charge in [-0.05, 0) is 17.7 Å². The number of aliphatic carboxylic acids is 1. The Morgan fingerprint density at radius 2 is 1.90 bits per heavy atom. The number of aromatic hydroxyl groups is 1. The van der Waals surface area contributed by atoms with Crippen LogP contribution in [0.25, 0.3) is 11.0 Å². The van der Waals surface area contributed by atoms with Gasteiger partial charge in [-0.1, -0.05) is 30.3 Å². The second-order valence-corrected chi connectivity index (χ2v) is 10.1. The van der Waals surface area contributed by atoms with Crippen molar-refractivity contribution in [2.75, 3.05) is 12.4 Å². The summed E-state index contributed by atoms with van der Waals surface area (Å²) in [6, 6.07) is 9.02. The first-order valence-electron chi connectivity index (χ1n) is 12.1. The number of hydrogen-bond donors (Lipinski definition) is 4. The molecule has 5 rings (SSSR count). The molecule has 3 atom stereocenters. The van der Waals surface area contributed by atoms with Crippen LogP contribution in [0.5, 0.6) is 5.75 Å². The molecule has 2 aromatic heterocycles. The summed E-state index contributed by atoms with van der Waals surface area (Å²) in [4.78, 5) is 71.6. The van der Waals surface area contributed by atoms with Crippen molar-refractivity contribution in [3.8, 4) is 5.75 Å². The maximum Gasteiger partial charge on any atom is 1.00 e. The van der Waals surface area contributed by atoms with Crippen LogP contribution in [0.4, 0.5) is 4.79 Å². The number of carboxylic acids is 1. The van der Waals surface area contributed by atoms with Gasteiger partial charge in [0.2, 0.25) is 5.91 Å². The van der Waals surface area contributed by atoms with E-state index >= 15 is 0 Å². The van der Waals surface area contributed by atoms with E-state index in [9.17, 15) is 34.2 Å². The molecule has 0 saturated carbocycles. The van der Waals surface area contributed by atoms with Gasteiger partial charge in [-0.15, -0.1) is 11.8 Å². The van der Waals surface area contributed by atoms with Gasteiger partial charge in [0, 0.05) is 23.7 Å². The van der Waals surface area contributed by atoms with E-state index in [0.29, 0.717) is 11.1 Å². The molecule has 0 radical (unpaired) electrons. The monoisotopic (exact) mass is 600 g/mol. The fourth-order valence-electron chi connectivity index (χ4n) is 4.50. The van der Waals surface area contributed by atoms with Crippen molar-refractivity contribution in [3.05, 3.63) is 77.3 Å². The molecule has 2 unspecified atom stereocenters. The molecular weight excluding hydrogens is 579 g/mol. The molecule has 4 heterocycles. The number of ether oxygens (including phenoxy) is 1. The number of fused-ring (bicyclic) bond motifs is 2. The molecule has 42 heavy (non-hydrogen) atoms. The van der Waals surface area contributed by atoms with Crippen LogP contribution in [0.2, 0.25) is 0 Å². The normalized spacial score (nSPS) is 18.2. The van der Waals surface area contributed by atoms with E-state index in [0.717, 1.165) is 22.9 Å². The number of nitrogens with one attached hydrogen (secondary N) is 2. The first-order chi connectivity index (χ1) is 19.7. The van der Waals surface area contributed by atoms with E-state index < -0.39 is 65.3 Å². The fourth-order valence-corrected chi connectivity index (χ4v) is 5.83. The molecule has 1 fully saturated rings. The molecule has 1 saturated heterocycles. The van der Waals surface area contributed by atoms with Gasteiger partial charge in [-0.2, -0.15) is 0 Å². The average molecular weight is 601 g/mol. The average Bonchev–Trinajstić information content (AvgIpc) is 2.97. The van der Waals surface area contributed by atoms with Crippen LogP contribution in [0.3, 0.4) is 0 Å². The molecule has 5 N–H and O–H groups in total. The number of hydrogen-bond acceptors (Lipinski definition) is 11. The number of carbonyl (C=O) groups excluding carboxylic acids is 5. The molecule has 0 spiro atoms. The van der Waals surface area contributed by atoms with Crippen molar-refractivity contribution in [1.82, 2.24) is 25.5 Å². The van der Waals surface area contributed by atoms with Crippen LogP contribution < -0.4 is 51.0 Å². The van der Waals surface area contributed by atoms with E-state index in [1.165, 1.54) is 6.20 Å². The number of carboxylic acid groups (broad SMARTS) is 1. The zero-order chi connectivity index (χ0) is 29.3. The topological polar surface area (TPSA) is 217 Å². The van der Waals surface area contributed by atoms with Crippen molar-refractivity contribution >= 4 is 52.6 Å². The van der Waals surface area contributed by atoms with Gasteiger partial charge in [0.1, 0.15) is 35.1 Å². The quantitative estimate of drug-likeness (QED) is 0.146. The number of carbonyl (C=O) groups is 5. The van der Waals surface area contributed by atoms with Crippen molar-refractivity contribution in [3.63, 3.8) is 0 Å². The maximum absolute atomic E-state index is 13.5. The van der Waals surface area contributed by atoms with Crippen LogP contribution in [-0.4, -0.2) is 73.5 Å². The molecule has 2 aliphatic rings. The third-order valence-electron chi connectivity index (χ3n) is 6.44. The molecule has 210 valence electrons. The van der Waals surface area contributed by atoms with E-state index in [2.05, 4.69) is 25.3 Å². The summed E-state index contributed by atoms with van der Waals surface area (Å²) >= 11 is 1.14. The summed E-state index contributed by atoms with van der Waals surface area (Å²) in [7, 11) is 0. The molecule has 2 aliphatic heterocycles. The molecule has 16 heteroatoms. The van der Waals surface area contributed by atoms with E-state index in [4.69, 9.17) is 5.73 Å². The van der Waals surface area contributed by atoms with Crippen molar-refractivity contribution in [2.45, 2.75) is 17.5 Å². The molecule has 3 aromatic rings. The van der Waals surface area contributed by atoms with Crippen LogP contribution in [0, 0.1) is 0 Å². The van der Waals surface area contributed by atoms with Crippen molar-refractivity contribution in [2.24, 2.45) is 5.73 Å². The first kappa shape index (κ1) is 30.8. The zero-order valence-corrected chi connectivity index (χ0v) is 24.8. The Balaban J connectivity index is 0.00000405. The minimum atomic E-state index is -1.65. The number of rotatable bonds is 8. The van der Waals surface area contributed by atoms with Gasteiger partial charge in [0.25, 0.3) is 11.8 Å². The number of aromatic nitrogens is 2. The third kappa shape index (κ3) is 5.90. The Bertz CT molecular complexity index is 1620. The van der Waals surface area contributed by atoms with Crippen molar-refractivity contribution in [1.29, 1.82) is 0 Å². The first-order valence-corrected chi connectivity index (χ1v) is 13.1. The van der Waals surface area contributed by atoms with Gasteiger partial charge >= 0.3 is 35.7 Å². The fraction of sp³-hybridized carbons (Fsp3) is 0.192. The molecule has 0 bridgehead atoms. The Morgan fingerprint density at radius 3 is 2.60 bits per heavy atom. The maximum atomic E-state index is 13.5. The minimum absolute atomic E-state index is 0. The van der Waals surface area contributed by atoms with Crippen LogP contribution in [-0.2, 0) is 19.1 Å². The number of pyridine rings is 2. The predicted molar refractivity (Wildman–Crippen MR) is 140 cm³/mol. The van der Waals surface area contributed by atoms with Gasteiger partial charge < -0.3 is 36.1 Å². The number of thioether (sulfide) groups is 1. The van der Waals surface area contributed by atoms with E-state index in [1.807, 2.05) is 0 Å². The van der Waals surface area contributed by atoms with Gasteiger partial charge in [0.15, 0.2) is 5.75 Å². The Morgan fingerprint density at radius 1 is 1.17 bits per heavy atom. The third-order valence-corrected chi connectivity index (χ3v) is 7.78. The zero-order valence-electron chi connectivity index (χ0n) is 22.0. The summed E-state index contributed by atoms with van der Waals surface area (Å²) in [5.74, 6) is -4.30. The van der Waals surface area contributed by atoms with E-state index in [-0.39, 0.29) is 52.0 Å². The number of nitrogens with zero attached hydrogens (tertiary/aromatic N) is 3. The largest absolute Gasteiger partial charge is 1.00 e. The Kier molecular flexibility index (Phi) is 9.36. The van der Waals surface area contributed by atoms with Crippen LogP contribution in [0.1, 0.15) is 22.0 Å². The summed E-state index contributed by atoms with van der Waals surface area (Å²) in [6.07, 6.45) is 1.48. The molecular formula is C26H21N6NaO8S. The summed E-state index contributed by atoms with van der Waals surface area (Å²) in [5.41, 5.74) is 5.27. The van der Waals surface area contributed by atoms with Crippen LogP contribution >= 0.6 is 11.8 Å². The second-order valence-electron chi connectivity index (χ2n) is 8.95. The van der Waals surface area contributed by atoms with Gasteiger partial charge in [-0.25, -0.2) is 4.79 Å². The van der Waals surface area contributed by atoms with Crippen LogP contribution in [0.15, 0.2) is 66.1 Å². The summed E-state index contributed by atoms with van der Waals surface area (Å²) in [6.45, 7) is -0.437.